The monoisotopic (exact) mass is 280 g/mol. The molecule has 0 radical (unpaired) electrons. The minimum Gasteiger partial charge on any atom is -0.383 e. The molecule has 4 nitrogen and oxygen atoms in total. The van der Waals surface area contributed by atoms with Gasteiger partial charge in [0, 0.05) is 44.2 Å². The number of methoxy groups -OCH3 is 1. The number of ketones is 1. The van der Waals surface area contributed by atoms with Crippen molar-refractivity contribution in [3.63, 3.8) is 0 Å². The van der Waals surface area contributed by atoms with Gasteiger partial charge in [0.1, 0.15) is 0 Å². The summed E-state index contributed by atoms with van der Waals surface area (Å²) in [5, 5.41) is 0. The molecule has 0 spiro atoms. The van der Waals surface area contributed by atoms with Crippen molar-refractivity contribution in [1.29, 1.82) is 0 Å². The molecule has 1 rings (SSSR count). The number of Topliss-reactive ketones (excluding diaryl/α,β-unsaturated/α-hetero) is 1. The van der Waals surface area contributed by atoms with Gasteiger partial charge in [-0.3, -0.25) is 9.69 Å². The largest absolute Gasteiger partial charge is 0.383 e. The van der Waals surface area contributed by atoms with E-state index in [9.17, 15) is 4.79 Å². The summed E-state index contributed by atoms with van der Waals surface area (Å²) in [5.41, 5.74) is 3.01. The molecule has 0 saturated heterocycles. The van der Waals surface area contributed by atoms with E-state index in [4.69, 9.17) is 4.74 Å². The molecule has 0 aliphatic rings. The summed E-state index contributed by atoms with van der Waals surface area (Å²) in [7, 11) is 3.69. The third-order valence-corrected chi connectivity index (χ3v) is 3.68. The molecule has 1 heterocycles. The number of hydrogen-bond acceptors (Lipinski definition) is 3. The highest BCUT2D eigenvalue weighted by atomic mass is 16.5. The summed E-state index contributed by atoms with van der Waals surface area (Å²) in [6.07, 6.45) is 0. The van der Waals surface area contributed by atoms with Gasteiger partial charge in [-0.25, -0.2) is 0 Å². The van der Waals surface area contributed by atoms with Gasteiger partial charge in [-0.2, -0.15) is 0 Å². The zero-order valence-electron chi connectivity index (χ0n) is 13.7. The minimum atomic E-state index is 0.197. The van der Waals surface area contributed by atoms with Crippen molar-refractivity contribution in [2.45, 2.75) is 27.7 Å². The van der Waals surface area contributed by atoms with Gasteiger partial charge in [-0.05, 0) is 25.8 Å². The maximum atomic E-state index is 12.5. The summed E-state index contributed by atoms with van der Waals surface area (Å²) in [6.45, 7) is 11.2. The fraction of sp³-hybridized carbons (Fsp3) is 0.688. The SMILES string of the molecule is COCCN(CC(=O)c1cc(C)n(C)c1C)CC(C)C. The van der Waals surface area contributed by atoms with Crippen LogP contribution in [-0.4, -0.2) is 48.6 Å². The lowest BCUT2D eigenvalue weighted by atomic mass is 10.1. The summed E-state index contributed by atoms with van der Waals surface area (Å²) >= 11 is 0. The average Bonchev–Trinajstić information content (AvgIpc) is 2.63. The molecule has 0 aromatic carbocycles. The second-order valence-corrected chi connectivity index (χ2v) is 5.89. The minimum absolute atomic E-state index is 0.197. The van der Waals surface area contributed by atoms with Crippen LogP contribution >= 0.6 is 0 Å². The molecule has 0 aliphatic heterocycles. The van der Waals surface area contributed by atoms with Crippen molar-refractivity contribution in [3.05, 3.63) is 23.0 Å². The number of aryl methyl sites for hydroxylation is 1. The highest BCUT2D eigenvalue weighted by Gasteiger charge is 2.17. The Kier molecular flexibility index (Phi) is 6.43. The number of rotatable bonds is 8. The predicted molar refractivity (Wildman–Crippen MR) is 82.4 cm³/mol. The van der Waals surface area contributed by atoms with Crippen LogP contribution in [0.3, 0.4) is 0 Å². The third kappa shape index (κ3) is 4.46. The van der Waals surface area contributed by atoms with Gasteiger partial charge in [-0.15, -0.1) is 0 Å². The molecule has 0 saturated carbocycles. The Labute approximate surface area is 122 Å². The first-order valence-corrected chi connectivity index (χ1v) is 7.24. The Balaban J connectivity index is 2.76. The zero-order chi connectivity index (χ0) is 15.3. The second kappa shape index (κ2) is 7.60. The van der Waals surface area contributed by atoms with Gasteiger partial charge in [0.15, 0.2) is 5.78 Å². The molecule has 1 aromatic rings. The van der Waals surface area contributed by atoms with Gasteiger partial charge in [0.05, 0.1) is 13.2 Å². The number of aromatic nitrogens is 1. The van der Waals surface area contributed by atoms with Crippen LogP contribution in [0.2, 0.25) is 0 Å². The van der Waals surface area contributed by atoms with E-state index < -0.39 is 0 Å². The van der Waals surface area contributed by atoms with Gasteiger partial charge < -0.3 is 9.30 Å². The number of hydrogen-bond donors (Lipinski definition) is 0. The van der Waals surface area contributed by atoms with Crippen molar-refractivity contribution in [3.8, 4) is 0 Å². The van der Waals surface area contributed by atoms with Gasteiger partial charge in [0.25, 0.3) is 0 Å². The Morgan fingerprint density at radius 1 is 1.40 bits per heavy atom. The molecule has 20 heavy (non-hydrogen) atoms. The van der Waals surface area contributed by atoms with Gasteiger partial charge >= 0.3 is 0 Å². The number of carbonyl (C=O) groups excluding carboxylic acids is 1. The fourth-order valence-corrected chi connectivity index (χ4v) is 2.40. The first-order chi connectivity index (χ1) is 9.36. The molecular formula is C16H28N2O2. The summed E-state index contributed by atoms with van der Waals surface area (Å²) in [6, 6.07) is 1.99. The zero-order valence-corrected chi connectivity index (χ0v) is 13.7. The van der Waals surface area contributed by atoms with Crippen LogP contribution in [0.5, 0.6) is 0 Å². The maximum Gasteiger partial charge on any atom is 0.178 e. The Morgan fingerprint density at radius 3 is 2.50 bits per heavy atom. The normalized spacial score (nSPS) is 11.6. The lowest BCUT2D eigenvalue weighted by molar-refractivity contribution is 0.0880. The lowest BCUT2D eigenvalue weighted by Gasteiger charge is -2.23. The van der Waals surface area contributed by atoms with Crippen LogP contribution in [0.25, 0.3) is 0 Å². The molecule has 114 valence electrons. The second-order valence-electron chi connectivity index (χ2n) is 5.89. The number of ether oxygens (including phenoxy) is 1. The molecule has 0 bridgehead atoms. The quantitative estimate of drug-likeness (QED) is 0.686. The van der Waals surface area contributed by atoms with Crippen LogP contribution in [0.1, 0.15) is 35.6 Å². The Morgan fingerprint density at radius 2 is 2.05 bits per heavy atom. The average molecular weight is 280 g/mol. The van der Waals surface area contributed by atoms with E-state index in [0.29, 0.717) is 19.1 Å². The van der Waals surface area contributed by atoms with E-state index in [1.807, 2.05) is 27.0 Å². The highest BCUT2D eigenvalue weighted by Crippen LogP contribution is 2.14. The van der Waals surface area contributed by atoms with Crippen molar-refractivity contribution < 1.29 is 9.53 Å². The molecule has 0 fully saturated rings. The topological polar surface area (TPSA) is 34.5 Å². The van der Waals surface area contributed by atoms with E-state index in [1.165, 1.54) is 0 Å². The summed E-state index contributed by atoms with van der Waals surface area (Å²) in [5.74, 6) is 0.737. The van der Waals surface area contributed by atoms with Crippen molar-refractivity contribution in [1.82, 2.24) is 9.47 Å². The third-order valence-electron chi connectivity index (χ3n) is 3.68. The summed E-state index contributed by atoms with van der Waals surface area (Å²) in [4.78, 5) is 14.7. The van der Waals surface area contributed by atoms with Gasteiger partial charge in [0.2, 0.25) is 0 Å². The van der Waals surface area contributed by atoms with E-state index in [2.05, 4.69) is 23.3 Å². The fourth-order valence-electron chi connectivity index (χ4n) is 2.40. The lowest BCUT2D eigenvalue weighted by Crippen LogP contribution is -2.35. The Hall–Kier alpha value is -1.13. The summed E-state index contributed by atoms with van der Waals surface area (Å²) < 4.78 is 7.20. The van der Waals surface area contributed by atoms with Crippen LogP contribution in [0.15, 0.2) is 6.07 Å². The van der Waals surface area contributed by atoms with E-state index in [0.717, 1.165) is 30.0 Å². The van der Waals surface area contributed by atoms with Gasteiger partial charge in [-0.1, -0.05) is 13.8 Å². The predicted octanol–water partition coefficient (Wildman–Crippen LogP) is 2.43. The maximum absolute atomic E-state index is 12.5. The Bertz CT molecular complexity index is 450. The van der Waals surface area contributed by atoms with E-state index >= 15 is 0 Å². The van der Waals surface area contributed by atoms with Crippen LogP contribution in [0, 0.1) is 19.8 Å². The van der Waals surface area contributed by atoms with Crippen LogP contribution in [-0.2, 0) is 11.8 Å². The van der Waals surface area contributed by atoms with E-state index in [1.54, 1.807) is 7.11 Å². The van der Waals surface area contributed by atoms with Crippen molar-refractivity contribution >= 4 is 5.78 Å². The molecule has 0 N–H and O–H groups in total. The standard InChI is InChI=1S/C16H28N2O2/c1-12(2)10-18(7-8-20-6)11-16(19)15-9-13(3)17(5)14(15)4/h9,12H,7-8,10-11H2,1-6H3. The van der Waals surface area contributed by atoms with Crippen molar-refractivity contribution in [2.75, 3.05) is 33.4 Å². The molecule has 0 aliphatic carbocycles. The number of carbonyl (C=O) groups is 1. The van der Waals surface area contributed by atoms with Crippen molar-refractivity contribution in [2.24, 2.45) is 13.0 Å². The first-order valence-electron chi connectivity index (χ1n) is 7.24. The molecule has 1 aromatic heterocycles. The molecule has 0 unspecified atom stereocenters. The molecule has 4 heteroatoms. The molecule has 0 atom stereocenters. The first kappa shape index (κ1) is 16.9. The molecule has 0 amide bonds. The van der Waals surface area contributed by atoms with Crippen LogP contribution in [0.4, 0.5) is 0 Å². The van der Waals surface area contributed by atoms with Crippen LogP contribution < -0.4 is 0 Å². The van der Waals surface area contributed by atoms with E-state index in [-0.39, 0.29) is 5.78 Å². The highest BCUT2D eigenvalue weighted by molar-refractivity contribution is 5.99. The smallest absolute Gasteiger partial charge is 0.178 e. The molecular weight excluding hydrogens is 252 g/mol. The number of nitrogens with zero attached hydrogens (tertiary/aromatic N) is 2.